The molecule has 6 aromatic carbocycles. The lowest BCUT2D eigenvalue weighted by atomic mass is 10.0. The van der Waals surface area contributed by atoms with E-state index >= 15 is 0 Å². The van der Waals surface area contributed by atoms with Gasteiger partial charge in [0.15, 0.2) is 0 Å². The van der Waals surface area contributed by atoms with E-state index < -0.39 is 17.9 Å². The number of hydrogen-bond donors (Lipinski definition) is 3. The quantitative estimate of drug-likeness (QED) is 0.169. The lowest BCUT2D eigenvalue weighted by molar-refractivity contribution is 0.0686. The highest BCUT2D eigenvalue weighted by Crippen LogP contribution is 2.19. The normalized spacial score (nSPS) is 9.91. The third-order valence-corrected chi connectivity index (χ3v) is 6.73. The van der Waals surface area contributed by atoms with E-state index in [2.05, 4.69) is 50.2 Å². The molecule has 3 N–H and O–H groups in total. The van der Waals surface area contributed by atoms with E-state index in [9.17, 15) is 19.2 Å². The number of rotatable bonds is 4. The van der Waals surface area contributed by atoms with Crippen LogP contribution in [0.15, 0.2) is 109 Å². The number of aromatic carboxylic acids is 3. The minimum Gasteiger partial charge on any atom is -0.478 e. The molecule has 45 heavy (non-hydrogen) atoms. The van der Waals surface area contributed by atoms with Crippen molar-refractivity contribution < 1.29 is 34.5 Å². The van der Waals surface area contributed by atoms with Crippen LogP contribution in [0.5, 0.6) is 0 Å². The van der Waals surface area contributed by atoms with Gasteiger partial charge >= 0.3 is 17.9 Å². The van der Waals surface area contributed by atoms with Crippen LogP contribution >= 0.6 is 0 Å². The summed E-state index contributed by atoms with van der Waals surface area (Å²) in [5.41, 5.74) is 3.87. The number of benzene rings is 6. The summed E-state index contributed by atoms with van der Waals surface area (Å²) in [7, 11) is 0. The lowest BCUT2D eigenvalue weighted by Gasteiger charge is -2.01. The average Bonchev–Trinajstić information content (AvgIpc) is 3.05. The van der Waals surface area contributed by atoms with Gasteiger partial charge in [0.1, 0.15) is 6.29 Å². The first-order valence-electron chi connectivity index (χ1n) is 13.4. The molecule has 226 valence electrons. The molecule has 0 bridgehead atoms. The summed E-state index contributed by atoms with van der Waals surface area (Å²) in [5, 5.41) is 32.2. The molecule has 0 saturated carbocycles. The summed E-state index contributed by atoms with van der Waals surface area (Å²) < 4.78 is 0. The van der Waals surface area contributed by atoms with E-state index in [4.69, 9.17) is 25.2 Å². The molecular formula is C36H28O9. The second-order valence-corrected chi connectivity index (χ2v) is 9.99. The predicted octanol–water partition coefficient (Wildman–Crippen LogP) is 8.11. The topological polar surface area (TPSA) is 163 Å². The largest absolute Gasteiger partial charge is 0.478 e. The molecule has 0 atom stereocenters. The van der Waals surface area contributed by atoms with E-state index in [0.717, 1.165) is 17.1 Å². The van der Waals surface area contributed by atoms with Gasteiger partial charge in [-0.15, -0.1) is 0 Å². The highest BCUT2D eigenvalue weighted by molar-refractivity contribution is 5.98. The van der Waals surface area contributed by atoms with Crippen molar-refractivity contribution in [1.82, 2.24) is 0 Å². The maximum Gasteiger partial charge on any atom is 0.335 e. The highest BCUT2D eigenvalue weighted by Gasteiger charge is 2.07. The molecule has 0 spiro atoms. The number of fused-ring (bicyclic) bond motifs is 3. The van der Waals surface area contributed by atoms with Crippen molar-refractivity contribution in [2.75, 3.05) is 0 Å². The molecule has 0 radical (unpaired) electrons. The molecule has 0 aliphatic heterocycles. The first kappa shape index (κ1) is 33.3. The van der Waals surface area contributed by atoms with E-state index in [1.54, 1.807) is 42.5 Å². The van der Waals surface area contributed by atoms with Gasteiger partial charge in [0.25, 0.3) is 0 Å². The van der Waals surface area contributed by atoms with Gasteiger partial charge in [-0.25, -0.2) is 14.4 Å². The molecule has 0 amide bonds. The Morgan fingerprint density at radius 3 is 1.07 bits per heavy atom. The second kappa shape index (κ2) is 15.3. The zero-order valence-corrected chi connectivity index (χ0v) is 24.3. The summed E-state index contributed by atoms with van der Waals surface area (Å²) in [6.07, 6.45) is 0.768. The van der Waals surface area contributed by atoms with Crippen LogP contribution in [0.25, 0.3) is 32.3 Å². The number of carboxylic acid groups (broad SMARTS) is 3. The van der Waals surface area contributed by atoms with Crippen LogP contribution in [0.1, 0.15) is 52.6 Å². The Bertz CT molecular complexity index is 1930. The average molecular weight is 605 g/mol. The third kappa shape index (κ3) is 8.89. The maximum absolute atomic E-state index is 10.7. The molecule has 0 fully saturated rings. The van der Waals surface area contributed by atoms with Gasteiger partial charge in [-0.1, -0.05) is 77.9 Å². The zero-order chi connectivity index (χ0) is 33.1. The fourth-order valence-corrected chi connectivity index (χ4v) is 4.47. The predicted molar refractivity (Wildman–Crippen MR) is 174 cm³/mol. The Kier molecular flexibility index (Phi) is 11.3. The number of carbonyl (C=O) groups excluding carboxylic acids is 1. The summed E-state index contributed by atoms with van der Waals surface area (Å²) >= 11 is 0. The first-order chi connectivity index (χ1) is 21.5. The van der Waals surface area contributed by atoms with Crippen LogP contribution in [0.2, 0.25) is 0 Å². The number of aldehydes is 1. The van der Waals surface area contributed by atoms with Gasteiger partial charge in [0.2, 0.25) is 0 Å². The molecule has 0 aliphatic carbocycles. The van der Waals surface area contributed by atoms with E-state index in [-0.39, 0.29) is 16.7 Å². The molecular weight excluding hydrogens is 576 g/mol. The SMILES string of the molecule is Cc1ccc2cc(C)ccc2c1.O=C(O)c1ccc2cc(C(=O)O)ccc2c1.O=Cc1ccc2cc(C(=O)O)ccc2c1.O=O. The minimum atomic E-state index is -0.996. The van der Waals surface area contributed by atoms with Crippen molar-refractivity contribution >= 4 is 56.5 Å². The van der Waals surface area contributed by atoms with Crippen molar-refractivity contribution in [2.24, 2.45) is 0 Å². The van der Waals surface area contributed by atoms with Crippen molar-refractivity contribution in [3.8, 4) is 0 Å². The number of aryl methyl sites for hydroxylation is 2. The van der Waals surface area contributed by atoms with Gasteiger partial charge < -0.3 is 15.3 Å². The molecule has 6 aromatic rings. The van der Waals surface area contributed by atoms with Crippen molar-refractivity contribution in [1.29, 1.82) is 0 Å². The Labute approximate surface area is 257 Å². The third-order valence-electron chi connectivity index (χ3n) is 6.73. The summed E-state index contributed by atoms with van der Waals surface area (Å²) in [5.74, 6) is -2.94. The summed E-state index contributed by atoms with van der Waals surface area (Å²) in [6, 6.07) is 32.2. The van der Waals surface area contributed by atoms with Gasteiger partial charge in [-0.3, -0.25) is 4.79 Å². The monoisotopic (exact) mass is 604 g/mol. The Morgan fingerprint density at radius 1 is 0.444 bits per heavy atom. The van der Waals surface area contributed by atoms with E-state index in [1.165, 1.54) is 52.2 Å². The van der Waals surface area contributed by atoms with Crippen LogP contribution in [-0.2, 0) is 0 Å². The van der Waals surface area contributed by atoms with Gasteiger partial charge in [0, 0.05) is 15.5 Å². The van der Waals surface area contributed by atoms with Crippen LogP contribution in [0, 0.1) is 23.8 Å². The van der Waals surface area contributed by atoms with Crippen molar-refractivity contribution in [3.63, 3.8) is 0 Å². The standard InChI is InChI=1S/C12H8O4.C12H8O3.C12H12.O2/c13-11(14)9-3-1-7-5-10(12(15)16)4-2-8(7)6-9;13-7-8-1-2-10-6-11(12(14)15)4-3-9(10)5-8;1-9-3-5-12-8-10(2)4-6-11(12)7-9;1-2/h1-6H,(H,13,14)(H,15,16);1-7H,(H,14,15);3-8H,1-2H3;. The molecule has 0 aliphatic rings. The smallest absolute Gasteiger partial charge is 0.335 e. The number of carboxylic acids is 3. The fraction of sp³-hybridized carbons (Fsp3) is 0.0556. The Balaban J connectivity index is 0.000000181. The number of hydrogen-bond acceptors (Lipinski definition) is 6. The molecule has 0 aromatic heterocycles. The molecule has 9 heteroatoms. The lowest BCUT2D eigenvalue weighted by Crippen LogP contribution is -1.97. The second-order valence-electron chi connectivity index (χ2n) is 9.99. The minimum absolute atomic E-state index is 0.190. The van der Waals surface area contributed by atoms with Crippen LogP contribution in [-0.4, -0.2) is 39.5 Å². The molecule has 0 saturated heterocycles. The molecule has 9 nitrogen and oxygen atoms in total. The molecule has 6 rings (SSSR count). The van der Waals surface area contributed by atoms with Crippen molar-refractivity contribution in [3.05, 3.63) is 153 Å². The van der Waals surface area contributed by atoms with Crippen LogP contribution < -0.4 is 0 Å². The summed E-state index contributed by atoms with van der Waals surface area (Å²) in [6.45, 7) is 4.25. The Hall–Kier alpha value is -6.22. The molecule has 0 unspecified atom stereocenters. The zero-order valence-electron chi connectivity index (χ0n) is 24.3. The maximum atomic E-state index is 10.7. The van der Waals surface area contributed by atoms with Gasteiger partial charge in [-0.2, -0.15) is 0 Å². The fourth-order valence-electron chi connectivity index (χ4n) is 4.47. The molecule has 0 heterocycles. The van der Waals surface area contributed by atoms with Crippen molar-refractivity contribution in [2.45, 2.75) is 13.8 Å². The number of carbonyl (C=O) groups is 4. The highest BCUT2D eigenvalue weighted by atomic mass is 16.7. The van der Waals surface area contributed by atoms with Crippen LogP contribution in [0.3, 0.4) is 0 Å². The van der Waals surface area contributed by atoms with E-state index in [1.807, 2.05) is 0 Å². The van der Waals surface area contributed by atoms with E-state index in [0.29, 0.717) is 16.3 Å². The Morgan fingerprint density at radius 2 is 0.733 bits per heavy atom. The van der Waals surface area contributed by atoms with Gasteiger partial charge in [-0.05, 0) is 88.6 Å². The summed E-state index contributed by atoms with van der Waals surface area (Å²) in [4.78, 5) is 56.7. The van der Waals surface area contributed by atoms with Crippen LogP contribution in [0.4, 0.5) is 0 Å². The first-order valence-corrected chi connectivity index (χ1v) is 13.4. The van der Waals surface area contributed by atoms with Gasteiger partial charge in [0.05, 0.1) is 16.7 Å².